The number of nitrogens with one attached hydrogen (secondary N) is 1. The number of hydrogen-bond donors (Lipinski definition) is 1. The molecule has 0 atom stereocenters. The number of fused-ring (bicyclic) bond motifs is 1. The fourth-order valence-corrected chi connectivity index (χ4v) is 3.68. The maximum absolute atomic E-state index is 12.8. The summed E-state index contributed by atoms with van der Waals surface area (Å²) in [5.74, 6) is 0.278. The first-order valence-corrected chi connectivity index (χ1v) is 9.85. The van der Waals surface area contributed by atoms with E-state index in [4.69, 9.17) is 4.74 Å². The Kier molecular flexibility index (Phi) is 6.66. The molecule has 0 radical (unpaired) electrons. The van der Waals surface area contributed by atoms with Gasteiger partial charge in [0.1, 0.15) is 29.3 Å². The molecule has 3 rings (SSSR count). The molecule has 0 unspecified atom stereocenters. The highest BCUT2D eigenvalue weighted by Gasteiger charge is 2.16. The van der Waals surface area contributed by atoms with E-state index in [-0.39, 0.29) is 17.5 Å². The molecular weight excluding hydrogens is 365 g/mol. The highest BCUT2D eigenvalue weighted by Crippen LogP contribution is 2.27. The van der Waals surface area contributed by atoms with Crippen LogP contribution >= 0.6 is 11.8 Å². The van der Waals surface area contributed by atoms with Crippen molar-refractivity contribution in [3.05, 3.63) is 53.0 Å². The van der Waals surface area contributed by atoms with Gasteiger partial charge in [-0.1, -0.05) is 11.8 Å². The van der Waals surface area contributed by atoms with Crippen LogP contribution in [0.15, 0.2) is 35.4 Å². The highest BCUT2D eigenvalue weighted by molar-refractivity contribution is 8.00. The SMILES string of the molecule is N#Cc1cc2c(nc1SCC(=O)NCCOc1ccc(F)cc1)CCCC2. The molecule has 0 saturated carbocycles. The maximum atomic E-state index is 12.8. The third-order valence-electron chi connectivity index (χ3n) is 4.23. The maximum Gasteiger partial charge on any atom is 0.230 e. The molecule has 2 aromatic rings. The lowest BCUT2D eigenvalue weighted by atomic mass is 9.95. The number of halogens is 1. The van der Waals surface area contributed by atoms with Crippen molar-refractivity contribution in [2.24, 2.45) is 0 Å². The quantitative estimate of drug-likeness (QED) is 0.585. The summed E-state index contributed by atoms with van der Waals surface area (Å²) in [5.41, 5.74) is 2.74. The van der Waals surface area contributed by atoms with Crippen molar-refractivity contribution < 1.29 is 13.9 Å². The third-order valence-corrected chi connectivity index (χ3v) is 5.22. The van der Waals surface area contributed by atoms with Gasteiger partial charge < -0.3 is 10.1 Å². The Labute approximate surface area is 161 Å². The smallest absolute Gasteiger partial charge is 0.230 e. The van der Waals surface area contributed by atoms with Crippen molar-refractivity contribution >= 4 is 17.7 Å². The first kappa shape index (κ1) is 19.2. The number of amides is 1. The van der Waals surface area contributed by atoms with Gasteiger partial charge in [-0.25, -0.2) is 9.37 Å². The van der Waals surface area contributed by atoms with Crippen LogP contribution in [0.4, 0.5) is 4.39 Å². The Balaban J connectivity index is 1.45. The van der Waals surface area contributed by atoms with E-state index in [1.807, 2.05) is 6.07 Å². The van der Waals surface area contributed by atoms with Crippen LogP contribution in [0.1, 0.15) is 29.7 Å². The number of ether oxygens (including phenoxy) is 1. The summed E-state index contributed by atoms with van der Waals surface area (Å²) < 4.78 is 18.2. The largest absolute Gasteiger partial charge is 0.492 e. The van der Waals surface area contributed by atoms with Gasteiger partial charge in [0.2, 0.25) is 5.91 Å². The van der Waals surface area contributed by atoms with Gasteiger partial charge in [0.15, 0.2) is 0 Å². The number of nitriles is 1. The van der Waals surface area contributed by atoms with Crippen LogP contribution in [0, 0.1) is 17.1 Å². The monoisotopic (exact) mass is 385 g/mol. The third kappa shape index (κ3) is 5.44. The first-order valence-electron chi connectivity index (χ1n) is 8.86. The van der Waals surface area contributed by atoms with Gasteiger partial charge in [0.05, 0.1) is 17.9 Å². The van der Waals surface area contributed by atoms with Gasteiger partial charge in [0.25, 0.3) is 0 Å². The summed E-state index contributed by atoms with van der Waals surface area (Å²) >= 11 is 1.28. The Bertz CT molecular complexity index is 850. The zero-order chi connectivity index (χ0) is 19.1. The van der Waals surface area contributed by atoms with E-state index in [1.54, 1.807) is 0 Å². The second-order valence-corrected chi connectivity index (χ2v) is 7.17. The molecule has 0 aliphatic heterocycles. The van der Waals surface area contributed by atoms with Gasteiger partial charge in [-0.3, -0.25) is 4.79 Å². The molecule has 27 heavy (non-hydrogen) atoms. The summed E-state index contributed by atoms with van der Waals surface area (Å²) in [6.45, 7) is 0.641. The molecule has 1 amide bonds. The van der Waals surface area contributed by atoms with Gasteiger partial charge >= 0.3 is 0 Å². The van der Waals surface area contributed by atoms with E-state index in [9.17, 15) is 14.4 Å². The number of rotatable bonds is 7. The lowest BCUT2D eigenvalue weighted by Gasteiger charge is -2.16. The number of benzene rings is 1. The number of nitrogens with zero attached hydrogens (tertiary/aromatic N) is 2. The molecule has 0 spiro atoms. The molecule has 0 bridgehead atoms. The molecule has 1 heterocycles. The van der Waals surface area contributed by atoms with Crippen molar-refractivity contribution in [3.63, 3.8) is 0 Å². The lowest BCUT2D eigenvalue weighted by molar-refractivity contribution is -0.118. The van der Waals surface area contributed by atoms with Crippen molar-refractivity contribution in [1.82, 2.24) is 10.3 Å². The molecule has 5 nitrogen and oxygen atoms in total. The van der Waals surface area contributed by atoms with Crippen molar-refractivity contribution in [3.8, 4) is 11.8 Å². The van der Waals surface area contributed by atoms with Gasteiger partial charge in [-0.05, 0) is 61.6 Å². The minimum Gasteiger partial charge on any atom is -0.492 e. The Hall–Kier alpha value is -2.59. The molecule has 0 fully saturated rings. The number of pyridine rings is 1. The number of aromatic nitrogens is 1. The minimum absolute atomic E-state index is 0.147. The van der Waals surface area contributed by atoms with Crippen LogP contribution in [-0.4, -0.2) is 29.8 Å². The molecule has 1 aliphatic carbocycles. The van der Waals surface area contributed by atoms with Crippen LogP contribution in [0.2, 0.25) is 0 Å². The number of thioether (sulfide) groups is 1. The van der Waals surface area contributed by atoms with Crippen LogP contribution in [-0.2, 0) is 17.6 Å². The number of hydrogen-bond acceptors (Lipinski definition) is 5. The molecular formula is C20H20FN3O2S. The molecule has 140 valence electrons. The average Bonchev–Trinajstić information content (AvgIpc) is 2.70. The second-order valence-electron chi connectivity index (χ2n) is 6.21. The summed E-state index contributed by atoms with van der Waals surface area (Å²) in [4.78, 5) is 16.6. The summed E-state index contributed by atoms with van der Waals surface area (Å²) in [6, 6.07) is 9.82. The molecule has 7 heteroatoms. The standard InChI is InChI=1S/C20H20FN3O2S/c21-16-5-7-17(8-6-16)26-10-9-23-19(25)13-27-20-15(12-22)11-14-3-1-2-4-18(14)24-20/h5-8,11H,1-4,9-10,13H2,(H,23,25). The zero-order valence-corrected chi connectivity index (χ0v) is 15.7. The normalized spacial score (nSPS) is 12.7. The van der Waals surface area contributed by atoms with Crippen LogP contribution in [0.5, 0.6) is 5.75 Å². The van der Waals surface area contributed by atoms with E-state index >= 15 is 0 Å². The molecule has 1 aliphatic rings. The number of aryl methyl sites for hydroxylation is 2. The minimum atomic E-state index is -0.319. The summed E-state index contributed by atoms with van der Waals surface area (Å²) in [7, 11) is 0. The topological polar surface area (TPSA) is 75.0 Å². The van der Waals surface area contributed by atoms with Crippen molar-refractivity contribution in [2.45, 2.75) is 30.7 Å². The Morgan fingerprint density at radius 3 is 2.85 bits per heavy atom. The fraction of sp³-hybridized carbons (Fsp3) is 0.350. The van der Waals surface area contributed by atoms with Crippen LogP contribution < -0.4 is 10.1 Å². The zero-order valence-electron chi connectivity index (χ0n) is 14.8. The summed E-state index contributed by atoms with van der Waals surface area (Å²) in [6.07, 6.45) is 4.15. The average molecular weight is 385 g/mol. The highest BCUT2D eigenvalue weighted by atomic mass is 32.2. The predicted octanol–water partition coefficient (Wildman–Crippen LogP) is 3.26. The van der Waals surface area contributed by atoms with Gasteiger partial charge in [0, 0.05) is 5.69 Å². The second kappa shape index (κ2) is 9.38. The number of carbonyl (C=O) groups excluding carboxylic acids is 1. The van der Waals surface area contributed by atoms with Gasteiger partial charge in [-0.15, -0.1) is 0 Å². The van der Waals surface area contributed by atoms with Crippen LogP contribution in [0.3, 0.4) is 0 Å². The summed E-state index contributed by atoms with van der Waals surface area (Å²) in [5, 5.41) is 12.7. The molecule has 0 saturated heterocycles. The molecule has 1 N–H and O–H groups in total. The first-order chi connectivity index (χ1) is 13.2. The Morgan fingerprint density at radius 2 is 2.07 bits per heavy atom. The number of carbonyl (C=O) groups is 1. The van der Waals surface area contributed by atoms with Crippen molar-refractivity contribution in [1.29, 1.82) is 5.26 Å². The molecule has 1 aromatic carbocycles. The van der Waals surface area contributed by atoms with Crippen LogP contribution in [0.25, 0.3) is 0 Å². The van der Waals surface area contributed by atoms with Gasteiger partial charge in [-0.2, -0.15) is 5.26 Å². The van der Waals surface area contributed by atoms with E-state index in [2.05, 4.69) is 16.4 Å². The Morgan fingerprint density at radius 1 is 1.30 bits per heavy atom. The fourth-order valence-electron chi connectivity index (χ4n) is 2.88. The van der Waals surface area contributed by atoms with E-state index in [0.29, 0.717) is 29.5 Å². The van der Waals surface area contributed by atoms with E-state index in [0.717, 1.165) is 36.9 Å². The van der Waals surface area contributed by atoms with E-state index in [1.165, 1.54) is 36.0 Å². The lowest BCUT2D eigenvalue weighted by Crippen LogP contribution is -2.29. The van der Waals surface area contributed by atoms with E-state index < -0.39 is 0 Å². The molecule has 1 aromatic heterocycles. The predicted molar refractivity (Wildman–Crippen MR) is 101 cm³/mol. The van der Waals surface area contributed by atoms with Crippen molar-refractivity contribution in [2.75, 3.05) is 18.9 Å².